The highest BCUT2D eigenvalue weighted by Crippen LogP contribution is 2.38. The van der Waals surface area contributed by atoms with Crippen LogP contribution in [0.25, 0.3) is 0 Å². The van der Waals surface area contributed by atoms with E-state index >= 15 is 0 Å². The van der Waals surface area contributed by atoms with Crippen molar-refractivity contribution in [3.8, 4) is 0 Å². The highest BCUT2D eigenvalue weighted by molar-refractivity contribution is 7.89. The number of amides is 2. The zero-order valence-corrected chi connectivity index (χ0v) is 19.0. The second kappa shape index (κ2) is 8.89. The molecule has 0 spiro atoms. The van der Waals surface area contributed by atoms with Gasteiger partial charge in [-0.2, -0.15) is 30.6 Å². The van der Waals surface area contributed by atoms with Gasteiger partial charge in [0.25, 0.3) is 0 Å². The number of halogens is 6. The van der Waals surface area contributed by atoms with E-state index in [1.165, 1.54) is 0 Å². The van der Waals surface area contributed by atoms with Crippen LogP contribution in [0.5, 0.6) is 0 Å². The minimum absolute atomic E-state index is 0.0367. The Labute approximate surface area is 197 Å². The number of fused-ring (bicyclic) bond motifs is 1. The fourth-order valence-corrected chi connectivity index (χ4v) is 6.04. The number of allylic oxidation sites excluding steroid dienone is 2. The third-order valence-corrected chi connectivity index (χ3v) is 8.35. The standard InChI is InChI=1S/C21H21F6N3O4S/c22-20(23,24)13-9-14(21(25,26)27)11-15(10-13)35(33,34)29-7-5-28(6-8-29)12-30-18(31)16-3-1-2-4-17(16)19(30)32/h1-2,9-11,16-17H,3-8,12H2/t16-,17+. The number of carbonyl (C=O) groups excluding carboxylic acids is 2. The Morgan fingerprint density at radius 3 is 1.66 bits per heavy atom. The second-order valence-corrected chi connectivity index (χ2v) is 10.6. The molecule has 0 bridgehead atoms. The van der Waals surface area contributed by atoms with Crippen molar-refractivity contribution < 1.29 is 44.3 Å². The molecule has 0 aromatic heterocycles. The van der Waals surface area contributed by atoms with Crippen molar-refractivity contribution in [2.45, 2.75) is 30.1 Å². The maximum absolute atomic E-state index is 13.1. The highest BCUT2D eigenvalue weighted by atomic mass is 32.2. The molecule has 192 valence electrons. The number of imide groups is 1. The van der Waals surface area contributed by atoms with E-state index in [0.29, 0.717) is 12.8 Å². The van der Waals surface area contributed by atoms with Crippen LogP contribution in [0.2, 0.25) is 0 Å². The molecule has 4 rings (SSSR count). The number of sulfonamides is 1. The maximum atomic E-state index is 13.1. The normalized spacial score (nSPS) is 24.8. The van der Waals surface area contributed by atoms with Gasteiger partial charge in [0.2, 0.25) is 21.8 Å². The van der Waals surface area contributed by atoms with Crippen LogP contribution >= 0.6 is 0 Å². The average molecular weight is 525 g/mol. The molecule has 35 heavy (non-hydrogen) atoms. The van der Waals surface area contributed by atoms with Crippen molar-refractivity contribution in [2.75, 3.05) is 32.8 Å². The molecular weight excluding hydrogens is 504 g/mol. The fraction of sp³-hybridized carbons (Fsp3) is 0.524. The van der Waals surface area contributed by atoms with E-state index in [1.807, 2.05) is 12.2 Å². The number of nitrogens with zero attached hydrogens (tertiary/aromatic N) is 3. The van der Waals surface area contributed by atoms with Crippen LogP contribution < -0.4 is 0 Å². The maximum Gasteiger partial charge on any atom is 0.416 e. The van der Waals surface area contributed by atoms with Gasteiger partial charge in [0.1, 0.15) is 0 Å². The molecule has 0 N–H and O–H groups in total. The number of piperazine rings is 1. The average Bonchev–Trinajstić information content (AvgIpc) is 3.03. The lowest BCUT2D eigenvalue weighted by molar-refractivity contribution is -0.144. The summed E-state index contributed by atoms with van der Waals surface area (Å²) < 4.78 is 105. The van der Waals surface area contributed by atoms with Crippen molar-refractivity contribution in [1.29, 1.82) is 0 Å². The number of hydrogen-bond acceptors (Lipinski definition) is 5. The summed E-state index contributed by atoms with van der Waals surface area (Å²) in [6.45, 7) is -0.445. The van der Waals surface area contributed by atoms with Crippen LogP contribution in [-0.2, 0) is 32.0 Å². The van der Waals surface area contributed by atoms with E-state index in [0.717, 1.165) is 9.21 Å². The molecule has 14 heteroatoms. The van der Waals surface area contributed by atoms with Gasteiger partial charge in [-0.15, -0.1) is 0 Å². The lowest BCUT2D eigenvalue weighted by atomic mass is 9.85. The molecule has 2 amide bonds. The Morgan fingerprint density at radius 2 is 1.23 bits per heavy atom. The van der Waals surface area contributed by atoms with Gasteiger partial charge in [0.15, 0.2) is 0 Å². The minimum Gasteiger partial charge on any atom is -0.283 e. The summed E-state index contributed by atoms with van der Waals surface area (Å²) in [4.78, 5) is 26.9. The molecule has 1 aromatic rings. The number of benzene rings is 1. The Morgan fingerprint density at radius 1 is 0.771 bits per heavy atom. The van der Waals surface area contributed by atoms with Gasteiger partial charge in [-0.05, 0) is 31.0 Å². The Hall–Kier alpha value is -2.45. The molecule has 2 atom stereocenters. The molecule has 7 nitrogen and oxygen atoms in total. The summed E-state index contributed by atoms with van der Waals surface area (Å²) in [5.74, 6) is -1.44. The van der Waals surface area contributed by atoms with Crippen LogP contribution in [0.15, 0.2) is 35.2 Å². The van der Waals surface area contributed by atoms with Gasteiger partial charge >= 0.3 is 12.4 Å². The van der Waals surface area contributed by atoms with Crippen molar-refractivity contribution in [3.63, 3.8) is 0 Å². The number of hydrogen-bond donors (Lipinski definition) is 0. The van der Waals surface area contributed by atoms with E-state index in [1.54, 1.807) is 4.90 Å². The van der Waals surface area contributed by atoms with Crippen molar-refractivity contribution >= 4 is 21.8 Å². The Bertz CT molecular complexity index is 1100. The van der Waals surface area contributed by atoms with Crippen LogP contribution in [-0.4, -0.2) is 67.2 Å². The SMILES string of the molecule is O=C1[C@H]2CC=CC[C@H]2C(=O)N1CN1CCN(S(=O)(=O)c2cc(C(F)(F)F)cc(C(F)(F)F)c2)CC1. The Balaban J connectivity index is 1.48. The molecule has 2 saturated heterocycles. The molecule has 2 aliphatic heterocycles. The van der Waals surface area contributed by atoms with E-state index < -0.39 is 50.2 Å². The Kier molecular flexibility index (Phi) is 6.51. The fourth-order valence-electron chi connectivity index (χ4n) is 4.54. The van der Waals surface area contributed by atoms with Crippen molar-refractivity contribution in [2.24, 2.45) is 11.8 Å². The molecule has 0 saturated carbocycles. The van der Waals surface area contributed by atoms with E-state index in [2.05, 4.69) is 0 Å². The molecule has 1 aliphatic carbocycles. The summed E-state index contributed by atoms with van der Waals surface area (Å²) in [6.07, 6.45) is -5.73. The van der Waals surface area contributed by atoms with Crippen LogP contribution in [0.1, 0.15) is 24.0 Å². The number of rotatable bonds is 4. The summed E-state index contributed by atoms with van der Waals surface area (Å²) >= 11 is 0. The topological polar surface area (TPSA) is 78.0 Å². The van der Waals surface area contributed by atoms with E-state index in [-0.39, 0.29) is 62.9 Å². The monoisotopic (exact) mass is 525 g/mol. The predicted molar refractivity (Wildman–Crippen MR) is 109 cm³/mol. The number of carbonyl (C=O) groups is 2. The summed E-state index contributed by atoms with van der Waals surface area (Å²) in [6, 6.07) is 0.247. The summed E-state index contributed by atoms with van der Waals surface area (Å²) in [7, 11) is -4.67. The van der Waals surface area contributed by atoms with Gasteiger partial charge in [-0.3, -0.25) is 19.4 Å². The molecule has 0 unspecified atom stereocenters. The molecule has 2 heterocycles. The first kappa shape index (κ1) is 25.6. The number of likely N-dealkylation sites (tertiary alicyclic amines) is 1. The minimum atomic E-state index is -5.17. The predicted octanol–water partition coefficient (Wildman–Crippen LogP) is 2.94. The molecule has 0 radical (unpaired) electrons. The van der Waals surface area contributed by atoms with Crippen LogP contribution in [0.3, 0.4) is 0 Å². The smallest absolute Gasteiger partial charge is 0.283 e. The zero-order chi connectivity index (χ0) is 25.8. The third kappa shape index (κ3) is 4.96. The van der Waals surface area contributed by atoms with Crippen LogP contribution in [0.4, 0.5) is 26.3 Å². The molecular formula is C21H21F6N3O4S. The first-order valence-electron chi connectivity index (χ1n) is 10.7. The quantitative estimate of drug-likeness (QED) is 0.343. The van der Waals surface area contributed by atoms with Gasteiger partial charge in [-0.25, -0.2) is 8.42 Å². The molecule has 3 aliphatic rings. The van der Waals surface area contributed by atoms with Gasteiger partial charge in [0, 0.05) is 26.2 Å². The van der Waals surface area contributed by atoms with Crippen LogP contribution in [0, 0.1) is 11.8 Å². The van der Waals surface area contributed by atoms with Gasteiger partial charge < -0.3 is 0 Å². The van der Waals surface area contributed by atoms with Crippen molar-refractivity contribution in [1.82, 2.24) is 14.1 Å². The molecule has 2 fully saturated rings. The van der Waals surface area contributed by atoms with E-state index in [9.17, 15) is 44.3 Å². The van der Waals surface area contributed by atoms with E-state index in [4.69, 9.17) is 0 Å². The third-order valence-electron chi connectivity index (χ3n) is 6.47. The molecule has 1 aromatic carbocycles. The summed E-state index contributed by atoms with van der Waals surface area (Å²) in [5, 5.41) is 0. The zero-order valence-electron chi connectivity index (χ0n) is 18.1. The largest absolute Gasteiger partial charge is 0.416 e. The lowest BCUT2D eigenvalue weighted by Crippen LogP contribution is -2.52. The first-order chi connectivity index (χ1) is 16.2. The highest BCUT2D eigenvalue weighted by Gasteiger charge is 2.48. The number of alkyl halides is 6. The van der Waals surface area contributed by atoms with Gasteiger partial charge in [0.05, 0.1) is 34.5 Å². The lowest BCUT2D eigenvalue weighted by Gasteiger charge is -2.35. The second-order valence-electron chi connectivity index (χ2n) is 8.67. The first-order valence-corrected chi connectivity index (χ1v) is 12.2. The summed E-state index contributed by atoms with van der Waals surface area (Å²) in [5.41, 5.74) is -3.43. The van der Waals surface area contributed by atoms with Crippen molar-refractivity contribution in [3.05, 3.63) is 41.5 Å². The van der Waals surface area contributed by atoms with Gasteiger partial charge in [-0.1, -0.05) is 12.2 Å².